The van der Waals surface area contributed by atoms with Crippen molar-refractivity contribution in [3.63, 3.8) is 0 Å². The number of rotatable bonds is 22. The maximum absolute atomic E-state index is 11.9. The minimum atomic E-state index is 0.0167. The molecule has 0 aliphatic carbocycles. The fraction of sp³-hybridized carbons (Fsp3) is 0.962. The van der Waals surface area contributed by atoms with Crippen LogP contribution in [0.4, 0.5) is 0 Å². The molecule has 0 amide bonds. The summed E-state index contributed by atoms with van der Waals surface area (Å²) >= 11 is 0. The summed E-state index contributed by atoms with van der Waals surface area (Å²) in [5, 5.41) is 0. The first kappa shape index (κ1) is 27.5. The van der Waals surface area contributed by atoms with Crippen molar-refractivity contribution in [1.82, 2.24) is 0 Å². The summed E-state index contributed by atoms with van der Waals surface area (Å²) in [4.78, 5) is 11.9. The van der Waals surface area contributed by atoms with Gasteiger partial charge in [-0.3, -0.25) is 4.79 Å². The maximum Gasteiger partial charge on any atom is 0.306 e. The normalized spacial score (nSPS) is 12.2. The molecule has 0 bridgehead atoms. The zero-order valence-electron chi connectivity index (χ0n) is 19.7. The highest BCUT2D eigenvalue weighted by Crippen LogP contribution is 2.14. The monoisotopic (exact) mass is 396 g/mol. The Morgan fingerprint density at radius 1 is 0.571 bits per heavy atom. The zero-order valence-corrected chi connectivity index (χ0v) is 19.7. The first-order valence-corrected chi connectivity index (χ1v) is 12.9. The third-order valence-corrected chi connectivity index (χ3v) is 5.78. The van der Waals surface area contributed by atoms with Crippen LogP contribution in [-0.4, -0.2) is 12.1 Å². The van der Waals surface area contributed by atoms with Crippen LogP contribution in [0.25, 0.3) is 0 Å². The molecule has 0 fully saturated rings. The third-order valence-electron chi connectivity index (χ3n) is 5.78. The quantitative estimate of drug-likeness (QED) is 0.135. The molecule has 0 aromatic heterocycles. The highest BCUT2D eigenvalue weighted by Gasteiger charge is 2.09. The molecule has 2 nitrogen and oxygen atoms in total. The van der Waals surface area contributed by atoms with Gasteiger partial charge in [0.1, 0.15) is 0 Å². The van der Waals surface area contributed by atoms with Gasteiger partial charge in [-0.1, -0.05) is 123 Å². The Labute approximate surface area is 177 Å². The Kier molecular flexibility index (Phi) is 22.3. The molecule has 0 aliphatic heterocycles. The van der Waals surface area contributed by atoms with Crippen molar-refractivity contribution in [2.45, 2.75) is 162 Å². The Balaban J connectivity index is 3.30. The van der Waals surface area contributed by atoms with Crippen LogP contribution in [0.2, 0.25) is 0 Å². The van der Waals surface area contributed by atoms with E-state index >= 15 is 0 Å². The van der Waals surface area contributed by atoms with Crippen LogP contribution in [0, 0.1) is 0 Å². The average Bonchev–Trinajstić information content (AvgIpc) is 2.68. The van der Waals surface area contributed by atoms with Crippen molar-refractivity contribution in [1.29, 1.82) is 0 Å². The molecule has 1 atom stereocenters. The summed E-state index contributed by atoms with van der Waals surface area (Å²) in [6.07, 6.45) is 26.9. The van der Waals surface area contributed by atoms with Crippen LogP contribution in [0.5, 0.6) is 0 Å². The zero-order chi connectivity index (χ0) is 20.7. The lowest BCUT2D eigenvalue weighted by molar-refractivity contribution is -0.148. The highest BCUT2D eigenvalue weighted by molar-refractivity contribution is 5.69. The van der Waals surface area contributed by atoms with Gasteiger partial charge >= 0.3 is 5.97 Å². The van der Waals surface area contributed by atoms with Crippen LogP contribution in [0.1, 0.15) is 156 Å². The van der Waals surface area contributed by atoms with E-state index in [1.807, 2.05) is 0 Å². The van der Waals surface area contributed by atoms with Crippen molar-refractivity contribution in [2.24, 2.45) is 0 Å². The lowest BCUT2D eigenvalue weighted by atomic mass is 10.1. The Morgan fingerprint density at radius 3 is 1.36 bits per heavy atom. The van der Waals surface area contributed by atoms with E-state index in [2.05, 4.69) is 20.8 Å². The molecule has 0 saturated carbocycles. The van der Waals surface area contributed by atoms with Gasteiger partial charge in [0.05, 0.1) is 6.10 Å². The number of ether oxygens (including phenoxy) is 1. The van der Waals surface area contributed by atoms with Gasteiger partial charge in [0.2, 0.25) is 0 Å². The van der Waals surface area contributed by atoms with Crippen molar-refractivity contribution in [2.75, 3.05) is 0 Å². The second kappa shape index (κ2) is 22.8. The molecule has 0 aromatic carbocycles. The molecule has 1 unspecified atom stereocenters. The average molecular weight is 397 g/mol. The first-order chi connectivity index (χ1) is 13.7. The summed E-state index contributed by atoms with van der Waals surface area (Å²) in [7, 11) is 0. The van der Waals surface area contributed by atoms with Gasteiger partial charge < -0.3 is 4.74 Å². The molecular weight excluding hydrogens is 344 g/mol. The van der Waals surface area contributed by atoms with Gasteiger partial charge in [-0.25, -0.2) is 0 Å². The van der Waals surface area contributed by atoms with Gasteiger partial charge in [0, 0.05) is 6.42 Å². The molecule has 0 spiro atoms. The van der Waals surface area contributed by atoms with Crippen LogP contribution >= 0.6 is 0 Å². The summed E-state index contributed by atoms with van der Waals surface area (Å²) in [6, 6.07) is 0. The molecule has 28 heavy (non-hydrogen) atoms. The van der Waals surface area contributed by atoms with E-state index < -0.39 is 0 Å². The Bertz CT molecular complexity index is 314. The molecule has 0 radical (unpaired) electrons. The lowest BCUT2D eigenvalue weighted by Crippen LogP contribution is -2.14. The second-order valence-electron chi connectivity index (χ2n) is 8.85. The van der Waals surface area contributed by atoms with Gasteiger partial charge in [-0.2, -0.15) is 0 Å². The summed E-state index contributed by atoms with van der Waals surface area (Å²) in [5.41, 5.74) is 0. The number of carbonyl (C=O) groups excluding carboxylic acids is 1. The standard InChI is InChI=1S/C26H52O2/c1-4-6-8-10-12-14-15-16-18-20-22-24-26(27)28-25(3)23-21-19-17-13-11-9-7-5-2/h25H,4-24H2,1-3H3. The lowest BCUT2D eigenvalue weighted by Gasteiger charge is -2.13. The SMILES string of the molecule is CCCCCCCCCCCCCC(=O)OC(C)CCCCCCCCCC. The first-order valence-electron chi connectivity index (χ1n) is 12.9. The molecular formula is C26H52O2. The summed E-state index contributed by atoms with van der Waals surface area (Å²) in [5.74, 6) is 0.0167. The molecule has 0 saturated heterocycles. The van der Waals surface area contributed by atoms with Gasteiger partial charge in [0.15, 0.2) is 0 Å². The van der Waals surface area contributed by atoms with Gasteiger partial charge in [-0.15, -0.1) is 0 Å². The van der Waals surface area contributed by atoms with Crippen LogP contribution < -0.4 is 0 Å². The largest absolute Gasteiger partial charge is 0.463 e. The van der Waals surface area contributed by atoms with E-state index in [4.69, 9.17) is 4.74 Å². The predicted octanol–water partition coefficient (Wildman–Crippen LogP) is 9.15. The second-order valence-corrected chi connectivity index (χ2v) is 8.85. The maximum atomic E-state index is 11.9. The van der Waals surface area contributed by atoms with Crippen LogP contribution in [-0.2, 0) is 9.53 Å². The predicted molar refractivity (Wildman–Crippen MR) is 124 cm³/mol. The smallest absolute Gasteiger partial charge is 0.306 e. The van der Waals surface area contributed by atoms with E-state index in [0.29, 0.717) is 6.42 Å². The molecule has 0 N–H and O–H groups in total. The summed E-state index contributed by atoms with van der Waals surface area (Å²) in [6.45, 7) is 6.59. The van der Waals surface area contributed by atoms with Crippen molar-refractivity contribution in [3.8, 4) is 0 Å². The molecule has 0 rings (SSSR count). The Hall–Kier alpha value is -0.530. The minimum absolute atomic E-state index is 0.0167. The highest BCUT2D eigenvalue weighted by atomic mass is 16.5. The van der Waals surface area contributed by atoms with Crippen LogP contribution in [0.15, 0.2) is 0 Å². The fourth-order valence-corrected chi connectivity index (χ4v) is 3.84. The fourth-order valence-electron chi connectivity index (χ4n) is 3.84. The van der Waals surface area contributed by atoms with Crippen molar-refractivity contribution >= 4 is 5.97 Å². The van der Waals surface area contributed by atoms with Gasteiger partial charge in [-0.05, 0) is 26.2 Å². The van der Waals surface area contributed by atoms with Crippen molar-refractivity contribution < 1.29 is 9.53 Å². The third kappa shape index (κ3) is 21.8. The van der Waals surface area contributed by atoms with E-state index in [0.717, 1.165) is 12.8 Å². The number of esters is 1. The summed E-state index contributed by atoms with van der Waals surface area (Å²) < 4.78 is 5.56. The molecule has 0 aliphatic rings. The van der Waals surface area contributed by atoms with Gasteiger partial charge in [0.25, 0.3) is 0 Å². The van der Waals surface area contributed by atoms with E-state index in [1.165, 1.54) is 116 Å². The van der Waals surface area contributed by atoms with Crippen LogP contribution in [0.3, 0.4) is 0 Å². The topological polar surface area (TPSA) is 26.3 Å². The van der Waals surface area contributed by atoms with E-state index in [-0.39, 0.29) is 12.1 Å². The van der Waals surface area contributed by atoms with Crippen molar-refractivity contribution in [3.05, 3.63) is 0 Å². The van der Waals surface area contributed by atoms with E-state index in [9.17, 15) is 4.79 Å². The molecule has 168 valence electrons. The number of hydrogen-bond donors (Lipinski definition) is 0. The number of hydrogen-bond acceptors (Lipinski definition) is 2. The minimum Gasteiger partial charge on any atom is -0.463 e. The number of carbonyl (C=O) groups is 1. The molecule has 2 heteroatoms. The Morgan fingerprint density at radius 2 is 0.929 bits per heavy atom. The number of unbranched alkanes of at least 4 members (excludes halogenated alkanes) is 17. The molecule has 0 aromatic rings. The molecule has 0 heterocycles. The van der Waals surface area contributed by atoms with E-state index in [1.54, 1.807) is 0 Å².